The fraction of sp³-hybridized carbons (Fsp3) is 0.412. The minimum Gasteiger partial charge on any atom is -0.383 e. The molecule has 1 saturated heterocycles. The van der Waals surface area contributed by atoms with Crippen LogP contribution < -0.4 is 10.6 Å². The van der Waals surface area contributed by atoms with Crippen LogP contribution in [0.5, 0.6) is 0 Å². The molecule has 1 atom stereocenters. The van der Waals surface area contributed by atoms with Crippen LogP contribution in [0.15, 0.2) is 24.5 Å². The van der Waals surface area contributed by atoms with Crippen molar-refractivity contribution in [3.05, 3.63) is 35.9 Å². The second kappa shape index (κ2) is 6.82. The highest BCUT2D eigenvalue weighted by atomic mass is 15.3. The van der Waals surface area contributed by atoms with Crippen LogP contribution in [0, 0.1) is 6.92 Å². The number of aromatic amines is 1. The van der Waals surface area contributed by atoms with E-state index < -0.39 is 0 Å². The number of aromatic nitrogens is 5. The van der Waals surface area contributed by atoms with Crippen LogP contribution in [0.1, 0.15) is 44.1 Å². The van der Waals surface area contributed by atoms with E-state index in [9.17, 15) is 0 Å². The summed E-state index contributed by atoms with van der Waals surface area (Å²) in [5.74, 6) is 2.24. The maximum absolute atomic E-state index is 6.07. The van der Waals surface area contributed by atoms with Gasteiger partial charge in [0.25, 0.3) is 0 Å². The van der Waals surface area contributed by atoms with Crippen LogP contribution in [-0.4, -0.2) is 31.7 Å². The number of aryl methyl sites for hydroxylation is 1. The number of nitrogens with zero attached hydrogens (tertiary/aromatic N) is 5. The molecule has 0 saturated carbocycles. The van der Waals surface area contributed by atoms with Crippen LogP contribution in [0.2, 0.25) is 0 Å². The predicted molar refractivity (Wildman–Crippen MR) is 95.7 cm³/mol. The molecular formula is C17H23N7. The molecule has 4 rings (SSSR count). The van der Waals surface area contributed by atoms with Gasteiger partial charge in [-0.25, -0.2) is 15.0 Å². The minimum absolute atomic E-state index is 0.195. The van der Waals surface area contributed by atoms with Gasteiger partial charge >= 0.3 is 0 Å². The summed E-state index contributed by atoms with van der Waals surface area (Å²) in [6.45, 7) is 6.84. The molecule has 1 aliphatic rings. The zero-order valence-electron chi connectivity index (χ0n) is 14.3. The van der Waals surface area contributed by atoms with E-state index in [1.807, 2.05) is 32.9 Å². The Kier molecular flexibility index (Phi) is 4.59. The van der Waals surface area contributed by atoms with Crippen molar-refractivity contribution in [2.24, 2.45) is 0 Å². The zero-order valence-corrected chi connectivity index (χ0v) is 14.3. The molecule has 0 radical (unpaired) electrons. The van der Waals surface area contributed by atoms with Gasteiger partial charge in [0.05, 0.1) is 17.6 Å². The first kappa shape index (κ1) is 16.2. The summed E-state index contributed by atoms with van der Waals surface area (Å²) >= 11 is 0. The van der Waals surface area contributed by atoms with Crippen LogP contribution >= 0.6 is 0 Å². The quantitative estimate of drug-likeness (QED) is 0.752. The minimum atomic E-state index is 0.195. The molecule has 7 nitrogen and oxygen atoms in total. The second-order valence-corrected chi connectivity index (χ2v) is 5.56. The Balaban J connectivity index is 0.000000815. The molecule has 1 unspecified atom stereocenters. The summed E-state index contributed by atoms with van der Waals surface area (Å²) in [6.07, 6.45) is 5.65. The van der Waals surface area contributed by atoms with E-state index in [0.29, 0.717) is 5.82 Å². The van der Waals surface area contributed by atoms with Crippen LogP contribution in [-0.2, 0) is 0 Å². The lowest BCUT2D eigenvalue weighted by molar-refractivity contribution is 0.711. The summed E-state index contributed by atoms with van der Waals surface area (Å²) in [7, 11) is 0. The van der Waals surface area contributed by atoms with E-state index in [4.69, 9.17) is 5.73 Å². The first-order valence-electron chi connectivity index (χ1n) is 8.39. The molecule has 3 aromatic rings. The summed E-state index contributed by atoms with van der Waals surface area (Å²) in [5.41, 5.74) is 7.91. The van der Waals surface area contributed by atoms with Gasteiger partial charge in [0, 0.05) is 18.3 Å². The fourth-order valence-electron chi connectivity index (χ4n) is 3.20. The van der Waals surface area contributed by atoms with Crippen molar-refractivity contribution in [3.63, 3.8) is 0 Å². The number of fused-ring (bicyclic) bond motifs is 1. The second-order valence-electron chi connectivity index (χ2n) is 5.56. The number of nitrogens with two attached hydrogens (primary N) is 1. The molecule has 24 heavy (non-hydrogen) atoms. The molecule has 0 bridgehead atoms. The smallest absolute Gasteiger partial charge is 0.161 e. The number of anilines is 2. The summed E-state index contributed by atoms with van der Waals surface area (Å²) in [4.78, 5) is 15.6. The van der Waals surface area contributed by atoms with Gasteiger partial charge in [0.2, 0.25) is 0 Å². The Hall–Kier alpha value is -2.70. The maximum atomic E-state index is 6.07. The molecule has 126 valence electrons. The van der Waals surface area contributed by atoms with Crippen molar-refractivity contribution in [1.29, 1.82) is 0 Å². The van der Waals surface area contributed by atoms with Crippen molar-refractivity contribution >= 4 is 22.7 Å². The molecule has 7 heteroatoms. The van der Waals surface area contributed by atoms with Gasteiger partial charge in [-0.05, 0) is 25.8 Å². The number of H-pyrrole nitrogens is 1. The molecule has 0 aliphatic carbocycles. The Morgan fingerprint density at radius 1 is 1.29 bits per heavy atom. The van der Waals surface area contributed by atoms with Gasteiger partial charge in [-0.15, -0.1) is 0 Å². The third-order valence-corrected chi connectivity index (χ3v) is 4.16. The first-order chi connectivity index (χ1) is 11.7. The molecular weight excluding hydrogens is 302 g/mol. The number of hydrogen-bond donors (Lipinski definition) is 2. The molecule has 1 aliphatic heterocycles. The summed E-state index contributed by atoms with van der Waals surface area (Å²) < 4.78 is 0. The zero-order chi connectivity index (χ0) is 17.1. The number of pyridine rings is 1. The summed E-state index contributed by atoms with van der Waals surface area (Å²) in [5, 5.41) is 7.97. The highest BCUT2D eigenvalue weighted by molar-refractivity contribution is 5.86. The molecule has 3 aromatic heterocycles. The monoisotopic (exact) mass is 325 g/mol. The molecule has 4 heterocycles. The average Bonchev–Trinajstić information content (AvgIpc) is 3.25. The molecule has 1 fully saturated rings. The SMILES string of the molecule is CC.Cc1nc(N2CCCC2c2cccnc2N)c2cn[nH]c2n1. The lowest BCUT2D eigenvalue weighted by atomic mass is 10.1. The molecule has 0 amide bonds. The van der Waals surface area contributed by atoms with Gasteiger partial charge in [-0.3, -0.25) is 5.10 Å². The van der Waals surface area contributed by atoms with E-state index in [1.165, 1.54) is 0 Å². The average molecular weight is 325 g/mol. The third kappa shape index (κ3) is 2.77. The van der Waals surface area contributed by atoms with Crippen LogP contribution in [0.4, 0.5) is 11.6 Å². The molecule has 0 aromatic carbocycles. The van der Waals surface area contributed by atoms with Gasteiger partial charge in [0.15, 0.2) is 5.65 Å². The lowest BCUT2D eigenvalue weighted by Crippen LogP contribution is -2.25. The number of nitrogens with one attached hydrogen (secondary N) is 1. The van der Waals surface area contributed by atoms with Crippen LogP contribution in [0.25, 0.3) is 11.0 Å². The Morgan fingerprint density at radius 2 is 2.12 bits per heavy atom. The Bertz CT molecular complexity index is 827. The maximum Gasteiger partial charge on any atom is 0.161 e. The topological polar surface area (TPSA) is 96.6 Å². The van der Waals surface area contributed by atoms with Crippen molar-refractivity contribution in [2.45, 2.75) is 39.7 Å². The largest absolute Gasteiger partial charge is 0.383 e. The molecule has 0 spiro atoms. The van der Waals surface area contributed by atoms with E-state index in [-0.39, 0.29) is 6.04 Å². The number of rotatable bonds is 2. The standard InChI is InChI=1S/C15H17N7.C2H6/c1-9-19-14-11(8-18-21-14)15(20-9)22-7-3-5-12(22)10-4-2-6-17-13(10)16;1-2/h2,4,6,8,12H,3,5,7H2,1H3,(H2,16,17)(H,18,19,20,21);1-2H3. The van der Waals surface area contributed by atoms with E-state index >= 15 is 0 Å². The van der Waals surface area contributed by atoms with Crippen molar-refractivity contribution in [3.8, 4) is 0 Å². The van der Waals surface area contributed by atoms with Crippen molar-refractivity contribution in [1.82, 2.24) is 25.1 Å². The number of nitrogen functional groups attached to an aromatic ring is 1. The van der Waals surface area contributed by atoms with Gasteiger partial charge in [-0.1, -0.05) is 19.9 Å². The van der Waals surface area contributed by atoms with E-state index in [2.05, 4.69) is 30.0 Å². The highest BCUT2D eigenvalue weighted by Crippen LogP contribution is 2.39. The van der Waals surface area contributed by atoms with E-state index in [0.717, 1.165) is 47.6 Å². The Labute approximate surface area is 141 Å². The van der Waals surface area contributed by atoms with Crippen molar-refractivity contribution in [2.75, 3.05) is 17.2 Å². The van der Waals surface area contributed by atoms with Crippen molar-refractivity contribution < 1.29 is 0 Å². The Morgan fingerprint density at radius 3 is 2.92 bits per heavy atom. The predicted octanol–water partition coefficient (Wildman–Crippen LogP) is 3.01. The fourth-order valence-corrected chi connectivity index (χ4v) is 3.20. The molecule has 3 N–H and O–H groups in total. The van der Waals surface area contributed by atoms with Gasteiger partial charge < -0.3 is 10.6 Å². The number of hydrogen-bond acceptors (Lipinski definition) is 6. The summed E-state index contributed by atoms with van der Waals surface area (Å²) in [6, 6.07) is 4.17. The van der Waals surface area contributed by atoms with Gasteiger partial charge in [-0.2, -0.15) is 5.10 Å². The normalized spacial score (nSPS) is 17.0. The first-order valence-corrected chi connectivity index (χ1v) is 8.39. The van der Waals surface area contributed by atoms with E-state index in [1.54, 1.807) is 12.4 Å². The third-order valence-electron chi connectivity index (χ3n) is 4.16. The highest BCUT2D eigenvalue weighted by Gasteiger charge is 2.30. The van der Waals surface area contributed by atoms with Gasteiger partial charge in [0.1, 0.15) is 17.5 Å². The van der Waals surface area contributed by atoms with Crippen LogP contribution in [0.3, 0.4) is 0 Å². The lowest BCUT2D eigenvalue weighted by Gasteiger charge is -2.27.